The van der Waals surface area contributed by atoms with Crippen molar-refractivity contribution in [1.29, 1.82) is 0 Å². The summed E-state index contributed by atoms with van der Waals surface area (Å²) in [6, 6.07) is 10.9. The number of ether oxygens (including phenoxy) is 3. The summed E-state index contributed by atoms with van der Waals surface area (Å²) in [5.41, 5.74) is 0.831. The fourth-order valence-corrected chi connectivity index (χ4v) is 3.97. The highest BCUT2D eigenvalue weighted by atomic mass is 79.9. The van der Waals surface area contributed by atoms with Crippen LogP contribution in [0.1, 0.15) is 43.6 Å². The summed E-state index contributed by atoms with van der Waals surface area (Å²) in [5.74, 6) is 0.903. The molecule has 1 aliphatic heterocycles. The molecule has 0 radical (unpaired) electrons. The summed E-state index contributed by atoms with van der Waals surface area (Å²) < 4.78 is 16.9. The Balaban J connectivity index is 1.61. The number of aromatic nitrogens is 1. The van der Waals surface area contributed by atoms with Gasteiger partial charge in [-0.05, 0) is 45.9 Å². The number of hydrogen-bond acceptors (Lipinski definition) is 7. The highest BCUT2D eigenvalue weighted by Gasteiger charge is 2.31. The lowest BCUT2D eigenvalue weighted by Gasteiger charge is -2.40. The summed E-state index contributed by atoms with van der Waals surface area (Å²) in [4.78, 5) is 32.7. The molecule has 2 aromatic rings. The number of benzene rings is 1. The fourth-order valence-electron chi connectivity index (χ4n) is 3.48. The van der Waals surface area contributed by atoms with Gasteiger partial charge in [-0.3, -0.25) is 0 Å². The molecule has 33 heavy (non-hydrogen) atoms. The Morgan fingerprint density at radius 3 is 2.58 bits per heavy atom. The number of hydrogen-bond donors (Lipinski definition) is 0. The van der Waals surface area contributed by atoms with Gasteiger partial charge in [0.1, 0.15) is 18.0 Å². The van der Waals surface area contributed by atoms with Crippen LogP contribution in [0.15, 0.2) is 40.9 Å². The lowest BCUT2D eigenvalue weighted by atomic mass is 10.1. The molecule has 1 fully saturated rings. The summed E-state index contributed by atoms with van der Waals surface area (Å²) in [6.07, 6.45) is -0.288. The summed E-state index contributed by atoms with van der Waals surface area (Å²) >= 11 is 3.48. The molecule has 0 unspecified atom stereocenters. The lowest BCUT2D eigenvalue weighted by molar-refractivity contribution is 0.0158. The summed E-state index contributed by atoms with van der Waals surface area (Å²) in [6.45, 7) is 9.76. The Labute approximate surface area is 202 Å². The average Bonchev–Trinajstić information content (AvgIpc) is 2.76. The van der Waals surface area contributed by atoms with E-state index in [2.05, 4.69) is 25.8 Å². The van der Waals surface area contributed by atoms with Crippen LogP contribution in [-0.2, 0) is 16.1 Å². The number of anilines is 1. The lowest BCUT2D eigenvalue weighted by Crippen LogP contribution is -2.55. The Kier molecular flexibility index (Phi) is 7.84. The first kappa shape index (κ1) is 24.8. The second kappa shape index (κ2) is 10.4. The molecule has 178 valence electrons. The quantitative estimate of drug-likeness (QED) is 0.531. The van der Waals surface area contributed by atoms with E-state index in [1.54, 1.807) is 23.1 Å². The van der Waals surface area contributed by atoms with Crippen LogP contribution in [0.2, 0.25) is 0 Å². The SMILES string of the molecule is COC(=O)c1ccc(COc2cccc(N3CCN(C(=O)OC(C)(C)C)[C@@H](C)C3)n2)c(Br)c1. The van der Waals surface area contributed by atoms with Gasteiger partial charge in [0.05, 0.1) is 12.7 Å². The number of rotatable bonds is 5. The molecular formula is C24H30BrN3O5. The molecule has 0 bridgehead atoms. The van der Waals surface area contributed by atoms with Gasteiger partial charge in [-0.2, -0.15) is 4.98 Å². The van der Waals surface area contributed by atoms with Crippen LogP contribution in [0, 0.1) is 0 Å². The average molecular weight is 520 g/mol. The van der Waals surface area contributed by atoms with Crippen molar-refractivity contribution in [3.8, 4) is 5.88 Å². The molecular weight excluding hydrogens is 490 g/mol. The first-order chi connectivity index (χ1) is 15.6. The van der Waals surface area contributed by atoms with Crippen LogP contribution in [-0.4, -0.2) is 60.3 Å². The fraction of sp³-hybridized carbons (Fsp3) is 0.458. The van der Waals surface area contributed by atoms with Gasteiger partial charge < -0.3 is 24.0 Å². The third kappa shape index (κ3) is 6.60. The van der Waals surface area contributed by atoms with Crippen molar-refractivity contribution in [1.82, 2.24) is 9.88 Å². The van der Waals surface area contributed by atoms with Crippen LogP contribution < -0.4 is 9.64 Å². The Hall–Kier alpha value is -2.81. The van der Waals surface area contributed by atoms with E-state index < -0.39 is 11.6 Å². The molecule has 8 nitrogen and oxygen atoms in total. The smallest absolute Gasteiger partial charge is 0.410 e. The molecule has 0 N–H and O–H groups in total. The number of amides is 1. The molecule has 9 heteroatoms. The van der Waals surface area contributed by atoms with Crippen LogP contribution >= 0.6 is 15.9 Å². The maximum Gasteiger partial charge on any atom is 0.410 e. The van der Waals surface area contributed by atoms with Crippen LogP contribution in [0.3, 0.4) is 0 Å². The molecule has 2 heterocycles. The van der Waals surface area contributed by atoms with Crippen LogP contribution in [0.4, 0.5) is 10.6 Å². The molecule has 3 rings (SSSR count). The van der Waals surface area contributed by atoms with Crippen molar-refractivity contribution >= 4 is 33.8 Å². The van der Waals surface area contributed by atoms with Gasteiger partial charge in [-0.1, -0.05) is 28.1 Å². The van der Waals surface area contributed by atoms with E-state index in [0.29, 0.717) is 37.7 Å². The maximum absolute atomic E-state index is 12.5. The van der Waals surface area contributed by atoms with Crippen molar-refractivity contribution in [2.45, 2.75) is 45.9 Å². The van der Waals surface area contributed by atoms with Gasteiger partial charge in [0, 0.05) is 41.8 Å². The molecule has 1 aliphatic rings. The van der Waals surface area contributed by atoms with E-state index in [1.165, 1.54) is 7.11 Å². The number of pyridine rings is 1. The molecule has 0 aliphatic carbocycles. The Bertz CT molecular complexity index is 1010. The summed E-state index contributed by atoms with van der Waals surface area (Å²) in [7, 11) is 1.35. The predicted octanol–water partition coefficient (Wildman–Crippen LogP) is 4.66. The normalized spacial score (nSPS) is 16.4. The van der Waals surface area contributed by atoms with Crippen molar-refractivity contribution in [2.75, 3.05) is 31.6 Å². The highest BCUT2D eigenvalue weighted by molar-refractivity contribution is 9.10. The highest BCUT2D eigenvalue weighted by Crippen LogP contribution is 2.24. The minimum absolute atomic E-state index is 0.00995. The molecule has 0 spiro atoms. The van der Waals surface area contributed by atoms with E-state index in [1.807, 2.05) is 45.9 Å². The van der Waals surface area contributed by atoms with Crippen molar-refractivity contribution < 1.29 is 23.8 Å². The largest absolute Gasteiger partial charge is 0.473 e. The van der Waals surface area contributed by atoms with Gasteiger partial charge in [0.25, 0.3) is 0 Å². The molecule has 1 aromatic heterocycles. The van der Waals surface area contributed by atoms with Gasteiger partial charge in [-0.25, -0.2) is 9.59 Å². The summed E-state index contributed by atoms with van der Waals surface area (Å²) in [5, 5.41) is 0. The molecule has 0 saturated carbocycles. The minimum atomic E-state index is -0.518. The van der Waals surface area contributed by atoms with Crippen molar-refractivity contribution in [2.24, 2.45) is 0 Å². The number of halogens is 1. The predicted molar refractivity (Wildman–Crippen MR) is 129 cm³/mol. The topological polar surface area (TPSA) is 81.2 Å². The van der Waals surface area contributed by atoms with Crippen molar-refractivity contribution in [3.05, 3.63) is 52.0 Å². The number of esters is 1. The standard InChI is InChI=1S/C24H30BrN3O5/c1-16-14-27(11-12-28(16)23(30)33-24(2,3)4)20-7-6-8-21(26-20)32-15-18-10-9-17(13-19(18)25)22(29)31-5/h6-10,13,16H,11-12,14-15H2,1-5H3/t16-/m0/s1. The number of carbonyl (C=O) groups excluding carboxylic acids is 2. The molecule has 1 atom stereocenters. The molecule has 1 aromatic carbocycles. The zero-order chi connectivity index (χ0) is 24.2. The number of nitrogens with zero attached hydrogens (tertiary/aromatic N) is 3. The number of methoxy groups -OCH3 is 1. The van der Waals surface area contributed by atoms with E-state index in [-0.39, 0.29) is 12.1 Å². The number of piperazine rings is 1. The van der Waals surface area contributed by atoms with Crippen LogP contribution in [0.25, 0.3) is 0 Å². The Morgan fingerprint density at radius 2 is 1.94 bits per heavy atom. The Morgan fingerprint density at radius 1 is 1.18 bits per heavy atom. The van der Waals surface area contributed by atoms with Gasteiger partial charge in [0.15, 0.2) is 0 Å². The maximum atomic E-state index is 12.5. The zero-order valence-corrected chi connectivity index (χ0v) is 21.2. The van der Waals surface area contributed by atoms with E-state index in [9.17, 15) is 9.59 Å². The zero-order valence-electron chi connectivity index (χ0n) is 19.6. The van der Waals surface area contributed by atoms with Gasteiger partial charge >= 0.3 is 12.1 Å². The first-order valence-electron chi connectivity index (χ1n) is 10.8. The van der Waals surface area contributed by atoms with E-state index in [4.69, 9.17) is 14.2 Å². The second-order valence-corrected chi connectivity index (χ2v) is 9.74. The van der Waals surface area contributed by atoms with E-state index >= 15 is 0 Å². The van der Waals surface area contributed by atoms with Crippen LogP contribution in [0.5, 0.6) is 5.88 Å². The first-order valence-corrected chi connectivity index (χ1v) is 11.6. The molecule has 1 saturated heterocycles. The van der Waals surface area contributed by atoms with Crippen molar-refractivity contribution in [3.63, 3.8) is 0 Å². The third-order valence-corrected chi connectivity index (χ3v) is 5.88. The van der Waals surface area contributed by atoms with Gasteiger partial charge in [0.2, 0.25) is 5.88 Å². The number of carbonyl (C=O) groups is 2. The van der Waals surface area contributed by atoms with E-state index in [0.717, 1.165) is 15.9 Å². The minimum Gasteiger partial charge on any atom is -0.473 e. The monoisotopic (exact) mass is 519 g/mol. The second-order valence-electron chi connectivity index (χ2n) is 8.89. The van der Waals surface area contributed by atoms with Gasteiger partial charge in [-0.15, -0.1) is 0 Å². The third-order valence-electron chi connectivity index (χ3n) is 5.14. The molecule has 1 amide bonds.